The van der Waals surface area contributed by atoms with E-state index in [1.807, 2.05) is 27.4 Å². The second-order valence-corrected chi connectivity index (χ2v) is 5.37. The minimum atomic E-state index is 0.751. The van der Waals surface area contributed by atoms with Gasteiger partial charge >= 0.3 is 0 Å². The largest absolute Gasteiger partial charge is 0.246 e. The van der Waals surface area contributed by atoms with Crippen LogP contribution in [0.4, 0.5) is 0 Å². The third-order valence-electron chi connectivity index (χ3n) is 2.50. The van der Waals surface area contributed by atoms with Gasteiger partial charge in [-0.25, -0.2) is 13.8 Å². The summed E-state index contributed by atoms with van der Waals surface area (Å²) in [5, 5.41) is 3.83. The highest BCUT2D eigenvalue weighted by atomic mass is 32.1. The molecule has 0 spiro atoms. The van der Waals surface area contributed by atoms with Crippen molar-refractivity contribution in [3.05, 3.63) is 35.8 Å². The molecule has 4 rings (SSSR count). The average Bonchev–Trinajstić information content (AvgIpc) is 3.03. The Balaban J connectivity index is 2.05. The van der Waals surface area contributed by atoms with Gasteiger partial charge in [-0.2, -0.15) is 4.98 Å². The summed E-state index contributed by atoms with van der Waals surface area (Å²) in [5.74, 6) is 0.751. The zero-order chi connectivity index (χ0) is 11.2. The minimum Gasteiger partial charge on any atom is -0.242 e. The molecule has 0 amide bonds. The van der Waals surface area contributed by atoms with E-state index in [1.54, 1.807) is 29.1 Å². The molecule has 0 atom stereocenters. The molecule has 17 heavy (non-hydrogen) atoms. The van der Waals surface area contributed by atoms with Crippen molar-refractivity contribution in [2.45, 2.75) is 0 Å². The molecule has 1 aromatic carbocycles. The van der Waals surface area contributed by atoms with Crippen molar-refractivity contribution in [1.82, 2.24) is 18.7 Å². The lowest BCUT2D eigenvalue weighted by Crippen LogP contribution is -1.73. The Bertz CT molecular complexity index is 797. The fourth-order valence-corrected chi connectivity index (χ4v) is 3.38. The number of imidazole rings is 1. The van der Waals surface area contributed by atoms with Gasteiger partial charge in [-0.1, -0.05) is 12.1 Å². The van der Waals surface area contributed by atoms with E-state index in [0.29, 0.717) is 0 Å². The summed E-state index contributed by atoms with van der Waals surface area (Å²) in [4.78, 5) is 13.3. The number of rotatable bonds is 1. The van der Waals surface area contributed by atoms with Gasteiger partial charge in [0.2, 0.25) is 5.78 Å². The summed E-state index contributed by atoms with van der Waals surface area (Å²) in [5.41, 5.74) is 2.08. The third kappa shape index (κ3) is 1.31. The lowest BCUT2D eigenvalue weighted by molar-refractivity contribution is 1.28. The SMILES string of the molecule is c1ccc2c(c1)nc1nc(-c3nccs3)sn12. The fourth-order valence-electron chi connectivity index (χ4n) is 1.77. The molecule has 4 aromatic rings. The summed E-state index contributed by atoms with van der Waals surface area (Å²) in [6.45, 7) is 0. The smallest absolute Gasteiger partial charge is 0.242 e. The van der Waals surface area contributed by atoms with Crippen molar-refractivity contribution < 1.29 is 0 Å². The van der Waals surface area contributed by atoms with E-state index in [4.69, 9.17) is 0 Å². The Labute approximate surface area is 104 Å². The van der Waals surface area contributed by atoms with Gasteiger partial charge in [-0.15, -0.1) is 11.3 Å². The summed E-state index contributed by atoms with van der Waals surface area (Å²) < 4.78 is 2.05. The van der Waals surface area contributed by atoms with E-state index in [0.717, 1.165) is 26.8 Å². The van der Waals surface area contributed by atoms with Crippen LogP contribution in [0.3, 0.4) is 0 Å². The van der Waals surface area contributed by atoms with Crippen LogP contribution in [-0.2, 0) is 0 Å². The highest BCUT2D eigenvalue weighted by Gasteiger charge is 2.12. The summed E-state index contributed by atoms with van der Waals surface area (Å²) in [6.07, 6.45) is 1.79. The molecule has 0 aliphatic carbocycles. The van der Waals surface area contributed by atoms with Gasteiger partial charge in [0, 0.05) is 11.6 Å². The minimum absolute atomic E-state index is 0.751. The van der Waals surface area contributed by atoms with Crippen LogP contribution >= 0.6 is 22.9 Å². The van der Waals surface area contributed by atoms with Crippen LogP contribution in [0, 0.1) is 0 Å². The zero-order valence-electron chi connectivity index (χ0n) is 8.57. The topological polar surface area (TPSA) is 43.1 Å². The van der Waals surface area contributed by atoms with E-state index >= 15 is 0 Å². The number of hydrogen-bond donors (Lipinski definition) is 0. The number of aromatic nitrogens is 4. The van der Waals surface area contributed by atoms with Crippen molar-refractivity contribution in [3.63, 3.8) is 0 Å². The van der Waals surface area contributed by atoms with Gasteiger partial charge in [0.05, 0.1) is 11.0 Å². The Morgan fingerprint density at radius 1 is 1.06 bits per heavy atom. The molecule has 0 unspecified atom stereocenters. The van der Waals surface area contributed by atoms with Crippen molar-refractivity contribution in [1.29, 1.82) is 0 Å². The van der Waals surface area contributed by atoms with Crippen LogP contribution in [-0.4, -0.2) is 18.7 Å². The van der Waals surface area contributed by atoms with E-state index in [1.165, 1.54) is 0 Å². The van der Waals surface area contributed by atoms with E-state index < -0.39 is 0 Å². The molecule has 0 saturated heterocycles. The second-order valence-electron chi connectivity index (χ2n) is 3.54. The normalized spacial score (nSPS) is 11.5. The molecule has 0 N–H and O–H groups in total. The number of fused-ring (bicyclic) bond motifs is 3. The molecule has 0 bridgehead atoms. The third-order valence-corrected chi connectivity index (χ3v) is 4.41. The molecule has 3 aromatic heterocycles. The highest BCUT2D eigenvalue weighted by Crippen LogP contribution is 2.28. The van der Waals surface area contributed by atoms with Crippen molar-refractivity contribution >= 4 is 39.7 Å². The lowest BCUT2D eigenvalue weighted by Gasteiger charge is -1.87. The number of benzene rings is 1. The van der Waals surface area contributed by atoms with Crippen LogP contribution < -0.4 is 0 Å². The molecule has 0 radical (unpaired) electrons. The van der Waals surface area contributed by atoms with Crippen LogP contribution in [0.15, 0.2) is 35.8 Å². The highest BCUT2D eigenvalue weighted by molar-refractivity contribution is 7.18. The van der Waals surface area contributed by atoms with Gasteiger partial charge in [-0.05, 0) is 23.7 Å². The maximum Gasteiger partial charge on any atom is 0.246 e. The lowest BCUT2D eigenvalue weighted by atomic mass is 10.3. The Kier molecular flexibility index (Phi) is 1.82. The van der Waals surface area contributed by atoms with Crippen LogP contribution in [0.2, 0.25) is 0 Å². The Hall–Kier alpha value is -1.79. The quantitative estimate of drug-likeness (QED) is 0.527. The number of para-hydroxylation sites is 2. The zero-order valence-corrected chi connectivity index (χ0v) is 10.2. The fraction of sp³-hybridized carbons (Fsp3) is 0. The number of thiazole rings is 1. The molecular formula is C11H6N4S2. The summed E-state index contributed by atoms with van der Waals surface area (Å²) >= 11 is 3.18. The molecule has 0 saturated carbocycles. The van der Waals surface area contributed by atoms with E-state index in [-0.39, 0.29) is 0 Å². The van der Waals surface area contributed by atoms with E-state index in [9.17, 15) is 0 Å². The Morgan fingerprint density at radius 3 is 2.88 bits per heavy atom. The first-order valence-corrected chi connectivity index (χ1v) is 6.71. The van der Waals surface area contributed by atoms with Gasteiger partial charge < -0.3 is 0 Å². The van der Waals surface area contributed by atoms with Crippen molar-refractivity contribution in [2.75, 3.05) is 0 Å². The van der Waals surface area contributed by atoms with E-state index in [2.05, 4.69) is 21.0 Å². The maximum absolute atomic E-state index is 4.51. The first kappa shape index (κ1) is 9.26. The average molecular weight is 258 g/mol. The second kappa shape index (κ2) is 3.35. The molecule has 0 aliphatic rings. The summed E-state index contributed by atoms with van der Waals surface area (Å²) in [7, 11) is 0. The predicted octanol–water partition coefficient (Wildman–Crippen LogP) is 3.07. The first-order chi connectivity index (χ1) is 8.42. The molecule has 0 aliphatic heterocycles. The van der Waals surface area contributed by atoms with Crippen LogP contribution in [0.1, 0.15) is 0 Å². The van der Waals surface area contributed by atoms with Crippen LogP contribution in [0.5, 0.6) is 0 Å². The summed E-state index contributed by atoms with van der Waals surface area (Å²) in [6, 6.07) is 8.05. The van der Waals surface area contributed by atoms with Gasteiger partial charge in [0.1, 0.15) is 0 Å². The maximum atomic E-state index is 4.51. The van der Waals surface area contributed by atoms with Crippen LogP contribution in [0.25, 0.3) is 26.8 Å². The standard InChI is InChI=1S/C11H6N4S2/c1-2-4-8-7(3-1)13-11-14-10(17-15(8)11)9-12-5-6-16-9/h1-6H. The Morgan fingerprint density at radius 2 is 2.00 bits per heavy atom. The first-order valence-electron chi connectivity index (χ1n) is 5.06. The molecule has 3 heterocycles. The number of hydrogen-bond acceptors (Lipinski definition) is 5. The molecule has 4 nitrogen and oxygen atoms in total. The van der Waals surface area contributed by atoms with Crippen molar-refractivity contribution in [3.8, 4) is 10.0 Å². The van der Waals surface area contributed by atoms with Crippen molar-refractivity contribution in [2.24, 2.45) is 0 Å². The number of nitrogens with zero attached hydrogens (tertiary/aromatic N) is 4. The monoisotopic (exact) mass is 258 g/mol. The van der Waals surface area contributed by atoms with Gasteiger partial charge in [-0.3, -0.25) is 0 Å². The molecular weight excluding hydrogens is 252 g/mol. The van der Waals surface area contributed by atoms with Gasteiger partial charge in [0.25, 0.3) is 0 Å². The predicted molar refractivity (Wildman–Crippen MR) is 69.5 cm³/mol. The molecule has 82 valence electrons. The van der Waals surface area contributed by atoms with Gasteiger partial charge in [0.15, 0.2) is 10.0 Å². The molecule has 0 fully saturated rings. The molecule has 6 heteroatoms.